The van der Waals surface area contributed by atoms with Gasteiger partial charge in [0.15, 0.2) is 0 Å². The van der Waals surface area contributed by atoms with Gasteiger partial charge < -0.3 is 10.0 Å². The number of carbonyl (C=O) groups is 2. The van der Waals surface area contributed by atoms with Crippen LogP contribution in [0.2, 0.25) is 0 Å². The summed E-state index contributed by atoms with van der Waals surface area (Å²) in [6.45, 7) is 0.493. The summed E-state index contributed by atoms with van der Waals surface area (Å²) in [7, 11) is 0. The first kappa shape index (κ1) is 12.2. The van der Waals surface area contributed by atoms with Crippen LogP contribution in [0, 0.1) is 12.3 Å². The van der Waals surface area contributed by atoms with E-state index in [1.54, 1.807) is 24.3 Å². The highest BCUT2D eigenvalue weighted by molar-refractivity contribution is 5.97. The molecule has 1 saturated heterocycles. The molecule has 1 N–H and O–H groups in total. The lowest BCUT2D eigenvalue weighted by Crippen LogP contribution is -2.40. The zero-order chi connectivity index (χ0) is 13.1. The van der Waals surface area contributed by atoms with Crippen molar-refractivity contribution in [2.24, 2.45) is 0 Å². The number of carboxylic acids is 1. The summed E-state index contributed by atoms with van der Waals surface area (Å²) in [6, 6.07) is 5.92. The lowest BCUT2D eigenvalue weighted by atomic mass is 10.1. The number of rotatable bonds is 2. The highest BCUT2D eigenvalue weighted by atomic mass is 16.4. The van der Waals surface area contributed by atoms with Gasteiger partial charge in [-0.25, -0.2) is 4.79 Å². The molecule has 0 saturated carbocycles. The minimum atomic E-state index is -0.943. The molecule has 0 radical (unpaired) electrons. The van der Waals surface area contributed by atoms with E-state index < -0.39 is 12.0 Å². The predicted octanol–water partition coefficient (Wildman–Crippen LogP) is 1.36. The second-order valence-corrected chi connectivity index (χ2v) is 4.22. The standard InChI is InChI=1S/C14H13NO3/c1-2-10-5-7-11(8-6-10)13(16)15-9-3-4-12(15)14(17)18/h1,5-8,12H,3-4,9H2,(H,17,18)/t12-/m0/s1. The number of amides is 1. The zero-order valence-electron chi connectivity index (χ0n) is 9.80. The molecule has 0 unspecified atom stereocenters. The summed E-state index contributed by atoms with van der Waals surface area (Å²) in [6.07, 6.45) is 6.48. The number of benzene rings is 1. The fourth-order valence-corrected chi connectivity index (χ4v) is 2.14. The molecule has 1 fully saturated rings. The van der Waals surface area contributed by atoms with Crippen molar-refractivity contribution in [1.82, 2.24) is 4.90 Å². The van der Waals surface area contributed by atoms with E-state index in [1.807, 2.05) is 0 Å². The van der Waals surface area contributed by atoms with Crippen LogP contribution in [-0.2, 0) is 4.79 Å². The van der Waals surface area contributed by atoms with Crippen LogP contribution >= 0.6 is 0 Å². The van der Waals surface area contributed by atoms with E-state index >= 15 is 0 Å². The molecule has 1 atom stereocenters. The number of hydrogen-bond acceptors (Lipinski definition) is 2. The van der Waals surface area contributed by atoms with Gasteiger partial charge in [0.25, 0.3) is 5.91 Å². The quantitative estimate of drug-likeness (QED) is 0.798. The Morgan fingerprint density at radius 3 is 2.56 bits per heavy atom. The number of hydrogen-bond donors (Lipinski definition) is 1. The molecular formula is C14H13NO3. The molecule has 4 heteroatoms. The number of nitrogens with zero attached hydrogens (tertiary/aromatic N) is 1. The summed E-state index contributed by atoms with van der Waals surface area (Å²) in [5, 5.41) is 9.04. The van der Waals surface area contributed by atoms with Crippen molar-refractivity contribution in [3.63, 3.8) is 0 Å². The average molecular weight is 243 g/mol. The highest BCUT2D eigenvalue weighted by Crippen LogP contribution is 2.20. The third-order valence-electron chi connectivity index (χ3n) is 3.10. The molecule has 0 aliphatic carbocycles. The monoisotopic (exact) mass is 243 g/mol. The summed E-state index contributed by atoms with van der Waals surface area (Å²) >= 11 is 0. The summed E-state index contributed by atoms with van der Waals surface area (Å²) in [5.74, 6) is 1.28. The molecule has 0 bridgehead atoms. The van der Waals surface area contributed by atoms with Crippen molar-refractivity contribution in [2.75, 3.05) is 6.54 Å². The minimum Gasteiger partial charge on any atom is -0.480 e. The lowest BCUT2D eigenvalue weighted by molar-refractivity contribution is -0.141. The van der Waals surface area contributed by atoms with Crippen molar-refractivity contribution in [3.05, 3.63) is 35.4 Å². The van der Waals surface area contributed by atoms with E-state index in [0.29, 0.717) is 24.1 Å². The van der Waals surface area contributed by atoms with Gasteiger partial charge in [-0.1, -0.05) is 5.92 Å². The third-order valence-corrected chi connectivity index (χ3v) is 3.10. The van der Waals surface area contributed by atoms with Crippen LogP contribution in [0.4, 0.5) is 0 Å². The van der Waals surface area contributed by atoms with Crippen molar-refractivity contribution in [2.45, 2.75) is 18.9 Å². The molecular weight excluding hydrogens is 230 g/mol. The largest absolute Gasteiger partial charge is 0.480 e. The first-order chi connectivity index (χ1) is 8.63. The van der Waals surface area contributed by atoms with Gasteiger partial charge in [0.05, 0.1) is 0 Å². The fraction of sp³-hybridized carbons (Fsp3) is 0.286. The second kappa shape index (κ2) is 4.92. The van der Waals surface area contributed by atoms with Crippen LogP contribution in [-0.4, -0.2) is 34.5 Å². The Morgan fingerprint density at radius 1 is 1.33 bits per heavy atom. The van der Waals surface area contributed by atoms with Gasteiger partial charge in [0, 0.05) is 17.7 Å². The van der Waals surface area contributed by atoms with Crippen LogP contribution < -0.4 is 0 Å². The molecule has 18 heavy (non-hydrogen) atoms. The highest BCUT2D eigenvalue weighted by Gasteiger charge is 2.34. The first-order valence-electron chi connectivity index (χ1n) is 5.74. The molecule has 1 aromatic carbocycles. The van der Waals surface area contributed by atoms with Crippen LogP contribution in [0.15, 0.2) is 24.3 Å². The number of carbonyl (C=O) groups excluding carboxylic acids is 1. The van der Waals surface area contributed by atoms with Crippen LogP contribution in [0.3, 0.4) is 0 Å². The molecule has 92 valence electrons. The van der Waals surface area contributed by atoms with E-state index in [0.717, 1.165) is 6.42 Å². The molecule has 1 aromatic rings. The number of terminal acetylenes is 1. The summed E-state index contributed by atoms with van der Waals surface area (Å²) in [5.41, 5.74) is 1.17. The van der Waals surface area contributed by atoms with Gasteiger partial charge in [-0.05, 0) is 37.1 Å². The average Bonchev–Trinajstić information content (AvgIpc) is 2.87. The van der Waals surface area contributed by atoms with Gasteiger partial charge in [-0.3, -0.25) is 4.79 Å². The van der Waals surface area contributed by atoms with Crippen molar-refractivity contribution in [1.29, 1.82) is 0 Å². The molecule has 4 nitrogen and oxygen atoms in total. The summed E-state index contributed by atoms with van der Waals surface area (Å²) in [4.78, 5) is 24.6. The third kappa shape index (κ3) is 2.21. The molecule has 0 aromatic heterocycles. The molecule has 1 aliphatic rings. The first-order valence-corrected chi connectivity index (χ1v) is 5.74. The van der Waals surface area contributed by atoms with E-state index in [-0.39, 0.29) is 5.91 Å². The molecule has 1 aliphatic heterocycles. The Labute approximate surface area is 105 Å². The van der Waals surface area contributed by atoms with E-state index in [9.17, 15) is 9.59 Å². The maximum Gasteiger partial charge on any atom is 0.326 e. The molecule has 2 rings (SSSR count). The SMILES string of the molecule is C#Cc1ccc(C(=O)N2CCC[C@H]2C(=O)O)cc1. The number of carboxylic acid groups (broad SMARTS) is 1. The second-order valence-electron chi connectivity index (χ2n) is 4.22. The molecule has 0 spiro atoms. The van der Waals surface area contributed by atoms with Gasteiger partial charge in [-0.2, -0.15) is 0 Å². The normalized spacial score (nSPS) is 18.4. The smallest absolute Gasteiger partial charge is 0.326 e. The van der Waals surface area contributed by atoms with Crippen LogP contribution in [0.5, 0.6) is 0 Å². The van der Waals surface area contributed by atoms with Gasteiger partial charge in [0.2, 0.25) is 0 Å². The van der Waals surface area contributed by atoms with Gasteiger partial charge in [-0.15, -0.1) is 6.42 Å². The predicted molar refractivity (Wildman–Crippen MR) is 66.1 cm³/mol. The number of aliphatic carboxylic acids is 1. The Morgan fingerprint density at radius 2 is 2.00 bits per heavy atom. The summed E-state index contributed by atoms with van der Waals surface area (Å²) < 4.78 is 0. The molecule has 1 amide bonds. The van der Waals surface area contributed by atoms with Crippen LogP contribution in [0.1, 0.15) is 28.8 Å². The van der Waals surface area contributed by atoms with Gasteiger partial charge in [0.1, 0.15) is 6.04 Å². The minimum absolute atomic E-state index is 0.247. The van der Waals surface area contributed by atoms with E-state index in [1.165, 1.54) is 4.90 Å². The lowest BCUT2D eigenvalue weighted by Gasteiger charge is -2.21. The van der Waals surface area contributed by atoms with Crippen LogP contribution in [0.25, 0.3) is 0 Å². The van der Waals surface area contributed by atoms with Crippen molar-refractivity contribution in [3.8, 4) is 12.3 Å². The Balaban J connectivity index is 2.20. The topological polar surface area (TPSA) is 57.6 Å². The van der Waals surface area contributed by atoms with E-state index in [2.05, 4.69) is 5.92 Å². The maximum absolute atomic E-state index is 12.2. The van der Waals surface area contributed by atoms with Crippen molar-refractivity contribution < 1.29 is 14.7 Å². The Hall–Kier alpha value is -2.28. The van der Waals surface area contributed by atoms with Gasteiger partial charge >= 0.3 is 5.97 Å². The fourth-order valence-electron chi connectivity index (χ4n) is 2.14. The number of likely N-dealkylation sites (tertiary alicyclic amines) is 1. The molecule has 1 heterocycles. The van der Waals surface area contributed by atoms with Crippen molar-refractivity contribution >= 4 is 11.9 Å². The van der Waals surface area contributed by atoms with E-state index in [4.69, 9.17) is 11.5 Å². The zero-order valence-corrected chi connectivity index (χ0v) is 9.80. The Bertz CT molecular complexity index is 513. The Kier molecular flexibility index (Phi) is 3.33. The maximum atomic E-state index is 12.2.